The summed E-state index contributed by atoms with van der Waals surface area (Å²) >= 11 is 0. The predicted molar refractivity (Wildman–Crippen MR) is 67.9 cm³/mol. The molecule has 1 aliphatic rings. The number of hydrogen-bond donors (Lipinski definition) is 1. The number of hydrogen-bond acceptors (Lipinski definition) is 2. The minimum Gasteiger partial charge on any atom is -0.333 e. The van der Waals surface area contributed by atoms with Crippen LogP contribution < -0.4 is 5.73 Å². The number of nitrogens with two attached hydrogens (primary N) is 1. The molecule has 0 bridgehead atoms. The number of Topliss-reactive ketones (excluding diaryl/α,β-unsaturated/α-hetero) is 1. The Balaban J connectivity index is 0. The van der Waals surface area contributed by atoms with Crippen molar-refractivity contribution < 1.29 is 4.79 Å². The van der Waals surface area contributed by atoms with Crippen LogP contribution in [0.4, 0.5) is 0 Å². The SMILES string of the molecule is CC(=O)CC1CCCCC1.CCC.CN. The Bertz CT molecular complexity index is 128. The Labute approximate surface area is 95.6 Å². The van der Waals surface area contributed by atoms with E-state index in [2.05, 4.69) is 19.6 Å². The molecule has 0 heterocycles. The first-order chi connectivity index (χ1) is 7.20. The van der Waals surface area contributed by atoms with Crippen LogP contribution >= 0.6 is 0 Å². The van der Waals surface area contributed by atoms with Gasteiger partial charge < -0.3 is 10.5 Å². The highest BCUT2D eigenvalue weighted by Crippen LogP contribution is 2.26. The first-order valence-corrected chi connectivity index (χ1v) is 6.27. The first kappa shape index (κ1) is 17.0. The highest BCUT2D eigenvalue weighted by atomic mass is 16.1. The summed E-state index contributed by atoms with van der Waals surface area (Å²) in [5, 5.41) is 0. The van der Waals surface area contributed by atoms with Gasteiger partial charge in [-0.2, -0.15) is 0 Å². The van der Waals surface area contributed by atoms with Crippen LogP contribution in [0.15, 0.2) is 0 Å². The van der Waals surface area contributed by atoms with E-state index in [0.717, 1.165) is 12.3 Å². The zero-order valence-corrected chi connectivity index (χ0v) is 11.0. The van der Waals surface area contributed by atoms with Gasteiger partial charge in [0.25, 0.3) is 0 Å². The highest BCUT2D eigenvalue weighted by Gasteiger charge is 2.14. The molecule has 15 heavy (non-hydrogen) atoms. The fraction of sp³-hybridized carbons (Fsp3) is 0.923. The Morgan fingerprint density at radius 3 is 1.87 bits per heavy atom. The van der Waals surface area contributed by atoms with Gasteiger partial charge in [-0.3, -0.25) is 0 Å². The largest absolute Gasteiger partial charge is 0.333 e. The topological polar surface area (TPSA) is 43.1 Å². The van der Waals surface area contributed by atoms with E-state index in [-0.39, 0.29) is 0 Å². The lowest BCUT2D eigenvalue weighted by Gasteiger charge is -2.19. The van der Waals surface area contributed by atoms with Crippen molar-refractivity contribution in [1.29, 1.82) is 0 Å². The van der Waals surface area contributed by atoms with E-state index in [1.165, 1.54) is 45.6 Å². The van der Waals surface area contributed by atoms with Gasteiger partial charge in [0, 0.05) is 6.42 Å². The molecule has 0 aromatic heterocycles. The number of ketones is 1. The molecule has 0 atom stereocenters. The Morgan fingerprint density at radius 2 is 1.53 bits per heavy atom. The van der Waals surface area contributed by atoms with E-state index in [0.29, 0.717) is 5.78 Å². The lowest BCUT2D eigenvalue weighted by molar-refractivity contribution is -0.118. The van der Waals surface area contributed by atoms with Crippen molar-refractivity contribution in [2.24, 2.45) is 11.7 Å². The molecule has 1 saturated carbocycles. The van der Waals surface area contributed by atoms with Gasteiger partial charge in [0.2, 0.25) is 0 Å². The highest BCUT2D eigenvalue weighted by molar-refractivity contribution is 5.75. The molecule has 0 amide bonds. The summed E-state index contributed by atoms with van der Waals surface area (Å²) in [5.41, 5.74) is 4.50. The van der Waals surface area contributed by atoms with Crippen LogP contribution in [0.2, 0.25) is 0 Å². The molecular formula is C13H29NO. The molecule has 0 aromatic rings. The number of rotatable bonds is 2. The molecular weight excluding hydrogens is 186 g/mol. The van der Waals surface area contributed by atoms with Crippen LogP contribution in [0.5, 0.6) is 0 Å². The molecule has 0 radical (unpaired) electrons. The third kappa shape index (κ3) is 13.6. The van der Waals surface area contributed by atoms with E-state index in [4.69, 9.17) is 0 Å². The van der Waals surface area contributed by atoms with Gasteiger partial charge in [-0.05, 0) is 19.9 Å². The molecule has 2 heteroatoms. The Morgan fingerprint density at radius 1 is 1.13 bits per heavy atom. The molecule has 2 nitrogen and oxygen atoms in total. The predicted octanol–water partition coefficient (Wildman–Crippen LogP) is 3.54. The van der Waals surface area contributed by atoms with Crippen molar-refractivity contribution in [3.63, 3.8) is 0 Å². The van der Waals surface area contributed by atoms with Gasteiger partial charge in [0.1, 0.15) is 5.78 Å². The van der Waals surface area contributed by atoms with Crippen molar-refractivity contribution in [3.05, 3.63) is 0 Å². The number of carbonyl (C=O) groups excluding carboxylic acids is 1. The lowest BCUT2D eigenvalue weighted by Crippen LogP contribution is -2.09. The monoisotopic (exact) mass is 215 g/mol. The molecule has 1 aliphatic carbocycles. The minimum absolute atomic E-state index is 0.368. The van der Waals surface area contributed by atoms with Gasteiger partial charge in [0.15, 0.2) is 0 Å². The van der Waals surface area contributed by atoms with Gasteiger partial charge in [-0.25, -0.2) is 0 Å². The van der Waals surface area contributed by atoms with Crippen molar-refractivity contribution in [2.45, 2.75) is 65.7 Å². The molecule has 0 aliphatic heterocycles. The molecule has 0 saturated heterocycles. The van der Waals surface area contributed by atoms with Crippen LogP contribution in [0.25, 0.3) is 0 Å². The van der Waals surface area contributed by atoms with Crippen molar-refractivity contribution in [3.8, 4) is 0 Å². The normalized spacial score (nSPS) is 15.5. The van der Waals surface area contributed by atoms with E-state index < -0.39 is 0 Å². The second kappa shape index (κ2) is 13.6. The second-order valence-corrected chi connectivity index (χ2v) is 4.12. The summed E-state index contributed by atoms with van der Waals surface area (Å²) in [7, 11) is 1.50. The molecule has 92 valence electrons. The summed E-state index contributed by atoms with van der Waals surface area (Å²) in [5.74, 6) is 1.10. The summed E-state index contributed by atoms with van der Waals surface area (Å²) < 4.78 is 0. The fourth-order valence-electron chi connectivity index (χ4n) is 1.80. The molecule has 1 fully saturated rings. The van der Waals surface area contributed by atoms with E-state index in [1.807, 2.05) is 0 Å². The van der Waals surface area contributed by atoms with Crippen LogP contribution in [-0.4, -0.2) is 12.8 Å². The lowest BCUT2D eigenvalue weighted by atomic mass is 9.86. The first-order valence-electron chi connectivity index (χ1n) is 6.27. The van der Waals surface area contributed by atoms with Crippen LogP contribution in [0.3, 0.4) is 0 Å². The Hall–Kier alpha value is -0.370. The third-order valence-corrected chi connectivity index (χ3v) is 2.30. The van der Waals surface area contributed by atoms with Gasteiger partial charge in [-0.15, -0.1) is 0 Å². The van der Waals surface area contributed by atoms with Gasteiger partial charge in [-0.1, -0.05) is 52.4 Å². The van der Waals surface area contributed by atoms with Crippen molar-refractivity contribution in [2.75, 3.05) is 7.05 Å². The standard InChI is InChI=1S/C9H16O.C3H8.CH5N/c1-8(10)7-9-5-3-2-4-6-9;1-3-2;1-2/h9H,2-7H2,1H3;3H2,1-2H3;2H2,1H3. The van der Waals surface area contributed by atoms with Crippen LogP contribution in [-0.2, 0) is 4.79 Å². The molecule has 1 rings (SSSR count). The van der Waals surface area contributed by atoms with Gasteiger partial charge in [0.05, 0.1) is 0 Å². The molecule has 0 unspecified atom stereocenters. The summed E-state index contributed by atoms with van der Waals surface area (Å²) in [6, 6.07) is 0. The van der Waals surface area contributed by atoms with Crippen molar-refractivity contribution >= 4 is 5.78 Å². The maximum absolute atomic E-state index is 10.7. The third-order valence-electron chi connectivity index (χ3n) is 2.30. The number of carbonyl (C=O) groups is 1. The average molecular weight is 215 g/mol. The minimum atomic E-state index is 0.368. The average Bonchev–Trinajstić information content (AvgIpc) is 2.22. The van der Waals surface area contributed by atoms with E-state index in [1.54, 1.807) is 6.92 Å². The summed E-state index contributed by atoms with van der Waals surface area (Å²) in [6.45, 7) is 5.95. The maximum atomic E-state index is 10.7. The summed E-state index contributed by atoms with van der Waals surface area (Å²) in [4.78, 5) is 10.7. The zero-order chi connectivity index (χ0) is 12.1. The fourth-order valence-corrected chi connectivity index (χ4v) is 1.80. The zero-order valence-electron chi connectivity index (χ0n) is 11.0. The maximum Gasteiger partial charge on any atom is 0.130 e. The summed E-state index contributed by atoms with van der Waals surface area (Å²) in [6.07, 6.45) is 8.74. The van der Waals surface area contributed by atoms with E-state index in [9.17, 15) is 4.79 Å². The molecule has 0 aromatic carbocycles. The van der Waals surface area contributed by atoms with Gasteiger partial charge >= 0.3 is 0 Å². The second-order valence-electron chi connectivity index (χ2n) is 4.12. The van der Waals surface area contributed by atoms with E-state index >= 15 is 0 Å². The quantitative estimate of drug-likeness (QED) is 0.765. The molecule has 2 N–H and O–H groups in total. The van der Waals surface area contributed by atoms with Crippen LogP contribution in [0, 0.1) is 5.92 Å². The molecule has 0 spiro atoms. The smallest absolute Gasteiger partial charge is 0.130 e. The Kier molecular flexibility index (Phi) is 15.5. The van der Waals surface area contributed by atoms with Crippen molar-refractivity contribution in [1.82, 2.24) is 0 Å². The van der Waals surface area contributed by atoms with Crippen LogP contribution in [0.1, 0.15) is 65.7 Å².